The van der Waals surface area contributed by atoms with Gasteiger partial charge in [0.1, 0.15) is 0 Å². The Morgan fingerprint density at radius 1 is 1.26 bits per heavy atom. The van der Waals surface area contributed by atoms with Crippen molar-refractivity contribution >= 4 is 42.1 Å². The molecule has 1 aromatic heterocycles. The quantitative estimate of drug-likeness (QED) is 0.768. The van der Waals surface area contributed by atoms with E-state index in [4.69, 9.17) is 4.98 Å². The van der Waals surface area contributed by atoms with Crippen LogP contribution in [0.3, 0.4) is 0 Å². The molecule has 1 unspecified atom stereocenters. The first-order valence-corrected chi connectivity index (χ1v) is 10.5. The van der Waals surface area contributed by atoms with E-state index in [2.05, 4.69) is 41.3 Å². The van der Waals surface area contributed by atoms with Crippen molar-refractivity contribution in [2.75, 3.05) is 39.3 Å². The van der Waals surface area contributed by atoms with Crippen LogP contribution in [0.25, 0.3) is 0 Å². The minimum absolute atomic E-state index is 0. The number of hydrogen-bond acceptors (Lipinski definition) is 5. The summed E-state index contributed by atoms with van der Waals surface area (Å²) in [4.78, 5) is 21.7. The lowest BCUT2D eigenvalue weighted by Crippen LogP contribution is -2.48. The van der Waals surface area contributed by atoms with Gasteiger partial charge in [-0.25, -0.2) is 4.98 Å². The van der Waals surface area contributed by atoms with Crippen LogP contribution >= 0.6 is 36.2 Å². The van der Waals surface area contributed by atoms with Crippen molar-refractivity contribution in [1.82, 2.24) is 20.1 Å². The third-order valence-corrected chi connectivity index (χ3v) is 6.55. The summed E-state index contributed by atoms with van der Waals surface area (Å²) in [5.41, 5.74) is 1.30. The van der Waals surface area contributed by atoms with E-state index in [1.807, 2.05) is 0 Å². The van der Waals surface area contributed by atoms with E-state index < -0.39 is 0 Å². The van der Waals surface area contributed by atoms with Crippen molar-refractivity contribution in [3.63, 3.8) is 0 Å². The van der Waals surface area contributed by atoms with Crippen LogP contribution < -0.4 is 5.32 Å². The van der Waals surface area contributed by atoms with Gasteiger partial charge >= 0.3 is 0 Å². The highest BCUT2D eigenvalue weighted by molar-refractivity contribution is 7.09. The fourth-order valence-corrected chi connectivity index (χ4v) is 4.45. The Balaban J connectivity index is 0.00000182. The summed E-state index contributed by atoms with van der Waals surface area (Å²) in [6.07, 6.45) is 2.99. The van der Waals surface area contributed by atoms with Crippen molar-refractivity contribution in [2.24, 2.45) is 5.92 Å². The summed E-state index contributed by atoms with van der Waals surface area (Å²) in [5, 5.41) is 6.77. The van der Waals surface area contributed by atoms with Gasteiger partial charge in [0.05, 0.1) is 10.7 Å². The lowest BCUT2D eigenvalue weighted by atomic mass is 9.98. The first-order chi connectivity index (χ1) is 11.9. The summed E-state index contributed by atoms with van der Waals surface area (Å²) >= 11 is 1.76. The molecule has 1 atom stereocenters. The molecule has 2 aliphatic heterocycles. The van der Waals surface area contributed by atoms with Crippen LogP contribution in [0.15, 0.2) is 5.38 Å². The Bertz CT molecular complexity index is 577. The number of hydrogen-bond donors (Lipinski definition) is 1. The number of nitrogens with one attached hydrogen (secondary N) is 1. The van der Waals surface area contributed by atoms with Crippen LogP contribution in [0, 0.1) is 5.92 Å². The van der Waals surface area contributed by atoms with Gasteiger partial charge in [0.15, 0.2) is 0 Å². The number of piperazine rings is 1. The summed E-state index contributed by atoms with van der Waals surface area (Å²) in [7, 11) is 0. The second kappa shape index (κ2) is 11.0. The van der Waals surface area contributed by atoms with Crippen LogP contribution in [0.5, 0.6) is 0 Å². The standard InChI is InChI=1S/C19H32N4OS.2ClH/c1-19(2,3)18-21-16(14-25-18)13-22-8-10-23(11-9-22)17(24)5-4-15-6-7-20-12-15;;/h14-15,20H,4-13H2,1-3H3;2*1H. The van der Waals surface area contributed by atoms with Gasteiger partial charge in [-0.1, -0.05) is 20.8 Å². The number of carbonyl (C=O) groups excluding carboxylic acids is 1. The fourth-order valence-electron chi connectivity index (χ4n) is 3.56. The predicted octanol–water partition coefficient (Wildman–Crippen LogP) is 3.32. The molecule has 0 spiro atoms. The van der Waals surface area contributed by atoms with E-state index in [-0.39, 0.29) is 30.2 Å². The molecule has 27 heavy (non-hydrogen) atoms. The zero-order chi connectivity index (χ0) is 17.9. The van der Waals surface area contributed by atoms with Crippen molar-refractivity contribution in [1.29, 1.82) is 0 Å². The van der Waals surface area contributed by atoms with E-state index in [9.17, 15) is 4.79 Å². The molecule has 0 aromatic carbocycles. The average molecular weight is 437 g/mol. The largest absolute Gasteiger partial charge is 0.340 e. The third-order valence-electron chi connectivity index (χ3n) is 5.23. The summed E-state index contributed by atoms with van der Waals surface area (Å²) in [5.74, 6) is 1.04. The molecule has 8 heteroatoms. The number of nitrogens with zero attached hydrogens (tertiary/aromatic N) is 3. The lowest BCUT2D eigenvalue weighted by molar-refractivity contribution is -0.133. The molecule has 0 saturated carbocycles. The Hall–Kier alpha value is -0.400. The maximum atomic E-state index is 12.4. The Morgan fingerprint density at radius 2 is 1.96 bits per heavy atom. The highest BCUT2D eigenvalue weighted by Gasteiger charge is 2.24. The molecule has 3 rings (SSSR count). The highest BCUT2D eigenvalue weighted by atomic mass is 35.5. The maximum absolute atomic E-state index is 12.4. The topological polar surface area (TPSA) is 48.5 Å². The lowest BCUT2D eigenvalue weighted by Gasteiger charge is -2.34. The van der Waals surface area contributed by atoms with Crippen LogP contribution in [-0.4, -0.2) is 60.0 Å². The normalized spacial score (nSPS) is 20.9. The maximum Gasteiger partial charge on any atom is 0.222 e. The minimum Gasteiger partial charge on any atom is -0.340 e. The van der Waals surface area contributed by atoms with Crippen molar-refractivity contribution in [3.05, 3.63) is 16.1 Å². The second-order valence-corrected chi connectivity index (χ2v) is 9.31. The van der Waals surface area contributed by atoms with Crippen molar-refractivity contribution in [3.8, 4) is 0 Å². The number of aromatic nitrogens is 1. The van der Waals surface area contributed by atoms with E-state index in [0.29, 0.717) is 18.2 Å². The monoisotopic (exact) mass is 436 g/mol. The summed E-state index contributed by atoms with van der Waals surface area (Å²) in [6.45, 7) is 13.4. The first-order valence-electron chi connectivity index (χ1n) is 9.57. The van der Waals surface area contributed by atoms with Gasteiger partial charge in [-0.05, 0) is 31.8 Å². The molecule has 2 aliphatic rings. The Morgan fingerprint density at radius 3 is 2.52 bits per heavy atom. The van der Waals surface area contributed by atoms with Gasteiger partial charge < -0.3 is 10.2 Å². The van der Waals surface area contributed by atoms with Crippen molar-refractivity contribution < 1.29 is 4.79 Å². The molecule has 1 aromatic rings. The van der Waals surface area contributed by atoms with Crippen LogP contribution in [0.1, 0.15) is 50.7 Å². The third kappa shape index (κ3) is 7.17. The van der Waals surface area contributed by atoms with Gasteiger partial charge in [0.2, 0.25) is 5.91 Å². The fraction of sp³-hybridized carbons (Fsp3) is 0.789. The molecule has 1 N–H and O–H groups in total. The van der Waals surface area contributed by atoms with Crippen LogP contribution in [0.4, 0.5) is 0 Å². The molecule has 2 fully saturated rings. The molecular formula is C19H34Cl2N4OS. The number of rotatable bonds is 5. The summed E-state index contributed by atoms with van der Waals surface area (Å²) in [6, 6.07) is 0. The average Bonchev–Trinajstić information content (AvgIpc) is 3.24. The zero-order valence-corrected chi connectivity index (χ0v) is 19.1. The SMILES string of the molecule is CC(C)(C)c1nc(CN2CCN(C(=O)CCC3CCNC3)CC2)cs1.Cl.Cl. The highest BCUT2D eigenvalue weighted by Crippen LogP contribution is 2.26. The smallest absolute Gasteiger partial charge is 0.222 e. The Kier molecular flexibility index (Phi) is 10.00. The molecule has 1 amide bonds. The van der Waals surface area contributed by atoms with Crippen LogP contribution in [0.2, 0.25) is 0 Å². The molecular weight excluding hydrogens is 403 g/mol. The number of halogens is 2. The molecule has 2 saturated heterocycles. The van der Waals surface area contributed by atoms with Gasteiger partial charge in [-0.15, -0.1) is 36.2 Å². The van der Waals surface area contributed by atoms with Gasteiger partial charge in [0, 0.05) is 49.9 Å². The molecule has 156 valence electrons. The summed E-state index contributed by atoms with van der Waals surface area (Å²) < 4.78 is 0. The minimum atomic E-state index is 0. The van der Waals surface area contributed by atoms with E-state index >= 15 is 0 Å². The van der Waals surface area contributed by atoms with E-state index in [0.717, 1.165) is 52.2 Å². The molecule has 0 aliphatic carbocycles. The molecule has 3 heterocycles. The second-order valence-electron chi connectivity index (χ2n) is 8.45. The van der Waals surface area contributed by atoms with Crippen LogP contribution in [-0.2, 0) is 16.8 Å². The predicted molar refractivity (Wildman–Crippen MR) is 117 cm³/mol. The van der Waals surface area contributed by atoms with Gasteiger partial charge in [-0.3, -0.25) is 9.69 Å². The van der Waals surface area contributed by atoms with Gasteiger partial charge in [0.25, 0.3) is 0 Å². The van der Waals surface area contributed by atoms with Crippen molar-refractivity contribution in [2.45, 2.75) is 52.0 Å². The molecule has 0 bridgehead atoms. The van der Waals surface area contributed by atoms with Gasteiger partial charge in [-0.2, -0.15) is 0 Å². The van der Waals surface area contributed by atoms with E-state index in [1.54, 1.807) is 11.3 Å². The molecule has 5 nitrogen and oxygen atoms in total. The number of carbonyl (C=O) groups is 1. The Labute approximate surface area is 180 Å². The number of thiazole rings is 1. The molecule has 0 radical (unpaired) electrons. The van der Waals surface area contributed by atoms with E-state index in [1.165, 1.54) is 17.1 Å². The number of amides is 1. The first kappa shape index (κ1) is 24.6. The zero-order valence-electron chi connectivity index (χ0n) is 16.7.